The van der Waals surface area contributed by atoms with Gasteiger partial charge in [-0.3, -0.25) is 4.79 Å². The number of piperidine rings is 1. The summed E-state index contributed by atoms with van der Waals surface area (Å²) in [6.45, 7) is 6.86. The minimum absolute atomic E-state index is 0.0481. The molecular weight excluding hydrogens is 252 g/mol. The summed E-state index contributed by atoms with van der Waals surface area (Å²) < 4.78 is 5.53. The summed E-state index contributed by atoms with van der Waals surface area (Å²) in [5.41, 5.74) is 0.721. The number of rotatable bonds is 1. The molecule has 4 nitrogen and oxygen atoms in total. The molecular formula is C16H24N2O2. The lowest BCUT2D eigenvalue weighted by Gasteiger charge is -2.47. The van der Waals surface area contributed by atoms with Gasteiger partial charge in [0.1, 0.15) is 0 Å². The summed E-state index contributed by atoms with van der Waals surface area (Å²) in [5, 5.41) is 0. The molecule has 3 rings (SSSR count). The number of fused-ring (bicyclic) bond motifs is 1. The van der Waals surface area contributed by atoms with Crippen LogP contribution in [0.2, 0.25) is 0 Å². The molecule has 0 bridgehead atoms. The molecule has 1 aromatic heterocycles. The fourth-order valence-corrected chi connectivity index (χ4v) is 4.03. The van der Waals surface area contributed by atoms with Crippen LogP contribution in [0, 0.1) is 25.7 Å². The molecule has 0 spiro atoms. The number of likely N-dealkylation sites (tertiary alicyclic amines) is 1. The van der Waals surface area contributed by atoms with E-state index in [2.05, 4.69) is 16.8 Å². The maximum atomic E-state index is 12.8. The van der Waals surface area contributed by atoms with E-state index in [-0.39, 0.29) is 5.91 Å². The van der Waals surface area contributed by atoms with E-state index < -0.39 is 0 Å². The van der Waals surface area contributed by atoms with Crippen molar-refractivity contribution >= 4 is 5.91 Å². The highest BCUT2D eigenvalue weighted by atomic mass is 16.4. The van der Waals surface area contributed by atoms with Crippen molar-refractivity contribution in [1.29, 1.82) is 0 Å². The second-order valence-electron chi connectivity index (χ2n) is 6.43. The monoisotopic (exact) mass is 276 g/mol. The fourth-order valence-electron chi connectivity index (χ4n) is 4.03. The molecule has 1 aromatic rings. The minimum atomic E-state index is 0.0481. The lowest BCUT2D eigenvalue weighted by molar-refractivity contribution is 0.0192. The van der Waals surface area contributed by atoms with Gasteiger partial charge in [-0.25, -0.2) is 4.98 Å². The molecule has 3 unspecified atom stereocenters. The van der Waals surface area contributed by atoms with Gasteiger partial charge >= 0.3 is 0 Å². The van der Waals surface area contributed by atoms with Gasteiger partial charge in [-0.15, -0.1) is 0 Å². The normalized spacial score (nSPS) is 30.1. The summed E-state index contributed by atoms with van der Waals surface area (Å²) in [6, 6.07) is 0.407. The van der Waals surface area contributed by atoms with Crippen LogP contribution in [0.15, 0.2) is 4.42 Å². The standard InChI is InChI=1S/C16H24N2O2/c1-10-8-9-18(14-7-5-4-6-13(10)14)16(19)15-11(2)17-12(3)20-15/h10,13-14H,4-9H2,1-3H3. The summed E-state index contributed by atoms with van der Waals surface area (Å²) >= 11 is 0. The number of nitrogens with zero attached hydrogens (tertiary/aromatic N) is 2. The smallest absolute Gasteiger partial charge is 0.291 e. The van der Waals surface area contributed by atoms with E-state index in [4.69, 9.17) is 4.42 Å². The minimum Gasteiger partial charge on any atom is -0.436 e. The maximum absolute atomic E-state index is 12.8. The Morgan fingerprint density at radius 1 is 1.25 bits per heavy atom. The van der Waals surface area contributed by atoms with E-state index in [1.807, 2.05) is 6.92 Å². The van der Waals surface area contributed by atoms with Crippen LogP contribution in [0.25, 0.3) is 0 Å². The molecule has 2 fully saturated rings. The van der Waals surface area contributed by atoms with Crippen LogP contribution in [-0.4, -0.2) is 28.4 Å². The molecule has 1 saturated heterocycles. The third-order valence-electron chi connectivity index (χ3n) is 5.10. The van der Waals surface area contributed by atoms with Gasteiger partial charge < -0.3 is 9.32 Å². The van der Waals surface area contributed by atoms with Crippen LogP contribution < -0.4 is 0 Å². The Morgan fingerprint density at radius 3 is 2.70 bits per heavy atom. The van der Waals surface area contributed by atoms with E-state index in [0.29, 0.717) is 23.6 Å². The zero-order valence-electron chi connectivity index (χ0n) is 12.7. The first-order chi connectivity index (χ1) is 9.58. The molecule has 0 N–H and O–H groups in total. The average molecular weight is 276 g/mol. The van der Waals surface area contributed by atoms with Gasteiger partial charge in [0.25, 0.3) is 5.91 Å². The molecule has 110 valence electrons. The Hall–Kier alpha value is -1.32. The van der Waals surface area contributed by atoms with Crippen LogP contribution in [0.3, 0.4) is 0 Å². The van der Waals surface area contributed by atoms with Crippen LogP contribution in [0.4, 0.5) is 0 Å². The molecule has 1 amide bonds. The summed E-state index contributed by atoms with van der Waals surface area (Å²) in [5.74, 6) is 2.48. The molecule has 1 aliphatic carbocycles. The first kappa shape index (κ1) is 13.7. The predicted octanol–water partition coefficient (Wildman–Crippen LogP) is 3.33. The number of aryl methyl sites for hydroxylation is 2. The summed E-state index contributed by atoms with van der Waals surface area (Å²) in [6.07, 6.45) is 6.08. The number of carbonyl (C=O) groups is 1. The van der Waals surface area contributed by atoms with Crippen molar-refractivity contribution in [2.24, 2.45) is 11.8 Å². The van der Waals surface area contributed by atoms with E-state index in [1.165, 1.54) is 19.3 Å². The Labute approximate surface area is 120 Å². The number of oxazole rings is 1. The lowest BCUT2D eigenvalue weighted by atomic mass is 9.72. The van der Waals surface area contributed by atoms with E-state index >= 15 is 0 Å². The second kappa shape index (κ2) is 5.23. The fraction of sp³-hybridized carbons (Fsp3) is 0.750. The van der Waals surface area contributed by atoms with Gasteiger partial charge in [0.05, 0.1) is 5.69 Å². The molecule has 1 saturated carbocycles. The van der Waals surface area contributed by atoms with Gasteiger partial charge in [0.2, 0.25) is 5.76 Å². The van der Waals surface area contributed by atoms with Crippen molar-refractivity contribution in [1.82, 2.24) is 9.88 Å². The molecule has 3 atom stereocenters. The number of aromatic nitrogens is 1. The molecule has 0 aromatic carbocycles. The van der Waals surface area contributed by atoms with Crippen molar-refractivity contribution in [2.45, 2.75) is 58.9 Å². The average Bonchev–Trinajstić information content (AvgIpc) is 2.78. The molecule has 1 aliphatic heterocycles. The lowest BCUT2D eigenvalue weighted by Crippen LogP contribution is -2.52. The molecule has 2 aliphatic rings. The van der Waals surface area contributed by atoms with Crippen molar-refractivity contribution < 1.29 is 9.21 Å². The van der Waals surface area contributed by atoms with Crippen LogP contribution in [-0.2, 0) is 0 Å². The van der Waals surface area contributed by atoms with Crippen molar-refractivity contribution in [3.63, 3.8) is 0 Å². The van der Waals surface area contributed by atoms with Crippen LogP contribution >= 0.6 is 0 Å². The number of amides is 1. The third-order valence-corrected chi connectivity index (χ3v) is 5.10. The van der Waals surface area contributed by atoms with Gasteiger partial charge in [0, 0.05) is 19.5 Å². The molecule has 0 radical (unpaired) electrons. The topological polar surface area (TPSA) is 46.3 Å². The van der Waals surface area contributed by atoms with Crippen LogP contribution in [0.1, 0.15) is 61.2 Å². The zero-order valence-corrected chi connectivity index (χ0v) is 12.7. The van der Waals surface area contributed by atoms with E-state index in [0.717, 1.165) is 31.0 Å². The quantitative estimate of drug-likeness (QED) is 0.790. The van der Waals surface area contributed by atoms with Crippen molar-refractivity contribution in [3.8, 4) is 0 Å². The SMILES string of the molecule is Cc1nc(C)c(C(=O)N2CCC(C)C3CCCCC32)o1. The van der Waals surface area contributed by atoms with Gasteiger partial charge in [0.15, 0.2) is 5.89 Å². The first-order valence-corrected chi connectivity index (χ1v) is 7.83. The number of hydrogen-bond acceptors (Lipinski definition) is 3. The highest BCUT2D eigenvalue weighted by Gasteiger charge is 2.40. The molecule has 20 heavy (non-hydrogen) atoms. The molecule has 4 heteroatoms. The second-order valence-corrected chi connectivity index (χ2v) is 6.43. The largest absolute Gasteiger partial charge is 0.436 e. The van der Waals surface area contributed by atoms with Gasteiger partial charge in [-0.2, -0.15) is 0 Å². The Kier molecular flexibility index (Phi) is 3.57. The van der Waals surface area contributed by atoms with Crippen LogP contribution in [0.5, 0.6) is 0 Å². The van der Waals surface area contributed by atoms with Crippen molar-refractivity contribution in [3.05, 3.63) is 17.3 Å². The van der Waals surface area contributed by atoms with E-state index in [9.17, 15) is 4.79 Å². The summed E-state index contributed by atoms with van der Waals surface area (Å²) in [4.78, 5) is 19.1. The van der Waals surface area contributed by atoms with Gasteiger partial charge in [-0.05, 0) is 38.0 Å². The number of hydrogen-bond donors (Lipinski definition) is 0. The Balaban J connectivity index is 1.85. The maximum Gasteiger partial charge on any atom is 0.291 e. The highest BCUT2D eigenvalue weighted by Crippen LogP contribution is 2.39. The van der Waals surface area contributed by atoms with Gasteiger partial charge in [-0.1, -0.05) is 19.8 Å². The Morgan fingerprint density at radius 2 is 2.00 bits per heavy atom. The first-order valence-electron chi connectivity index (χ1n) is 7.83. The van der Waals surface area contributed by atoms with Crippen molar-refractivity contribution in [2.75, 3.05) is 6.54 Å². The summed E-state index contributed by atoms with van der Waals surface area (Å²) in [7, 11) is 0. The Bertz CT molecular complexity index is 509. The number of carbonyl (C=O) groups excluding carboxylic acids is 1. The highest BCUT2D eigenvalue weighted by molar-refractivity contribution is 5.92. The molecule has 2 heterocycles. The van der Waals surface area contributed by atoms with E-state index in [1.54, 1.807) is 6.92 Å². The third kappa shape index (κ3) is 2.25. The zero-order chi connectivity index (χ0) is 14.3. The predicted molar refractivity (Wildman–Crippen MR) is 76.5 cm³/mol.